The molecule has 0 spiro atoms. The lowest BCUT2D eigenvalue weighted by atomic mass is 9.90. The quantitative estimate of drug-likeness (QED) is 0.749. The number of fused-ring (bicyclic) bond motifs is 1. The van der Waals surface area contributed by atoms with Gasteiger partial charge in [-0.15, -0.1) is 0 Å². The summed E-state index contributed by atoms with van der Waals surface area (Å²) in [5.74, 6) is 0.0779. The van der Waals surface area contributed by atoms with Crippen LogP contribution in [0.3, 0.4) is 0 Å². The van der Waals surface area contributed by atoms with Gasteiger partial charge in [-0.1, -0.05) is 0 Å². The number of nitrogens with one attached hydrogen (secondary N) is 1. The highest BCUT2D eigenvalue weighted by molar-refractivity contribution is 5.34. The summed E-state index contributed by atoms with van der Waals surface area (Å²) < 4.78 is 53.5. The SMILES string of the molecule is CC1=C(N2CCC3NC(c4cncc(F)c4C)CC3C2)CN(C)C(C(F)(F)F)=C1. The smallest absolute Gasteiger partial charge is 0.373 e. The summed E-state index contributed by atoms with van der Waals surface area (Å²) >= 11 is 0. The molecule has 2 saturated heterocycles. The van der Waals surface area contributed by atoms with Gasteiger partial charge in [0.05, 0.1) is 12.7 Å². The Morgan fingerprint density at radius 1 is 1.21 bits per heavy atom. The number of aromatic nitrogens is 1. The van der Waals surface area contributed by atoms with Crippen molar-refractivity contribution >= 4 is 0 Å². The molecule has 3 unspecified atom stereocenters. The van der Waals surface area contributed by atoms with E-state index in [0.717, 1.165) is 37.2 Å². The van der Waals surface area contributed by atoms with Gasteiger partial charge in [0.15, 0.2) is 0 Å². The van der Waals surface area contributed by atoms with E-state index in [1.54, 1.807) is 20.0 Å². The fourth-order valence-electron chi connectivity index (χ4n) is 4.93. The Balaban J connectivity index is 1.51. The molecule has 3 aliphatic rings. The van der Waals surface area contributed by atoms with Crippen LogP contribution in [0.25, 0.3) is 0 Å². The van der Waals surface area contributed by atoms with E-state index in [1.165, 1.54) is 24.2 Å². The van der Waals surface area contributed by atoms with Crippen molar-refractivity contribution < 1.29 is 17.6 Å². The highest BCUT2D eigenvalue weighted by Crippen LogP contribution is 2.39. The van der Waals surface area contributed by atoms with Gasteiger partial charge in [0.2, 0.25) is 0 Å². The highest BCUT2D eigenvalue weighted by Gasteiger charge is 2.42. The molecule has 2 fully saturated rings. The third kappa shape index (κ3) is 3.74. The van der Waals surface area contributed by atoms with Crippen LogP contribution in [0.15, 0.2) is 35.4 Å². The maximum absolute atomic E-state index is 13.9. The van der Waals surface area contributed by atoms with Crippen LogP contribution in [-0.2, 0) is 0 Å². The molecule has 0 radical (unpaired) electrons. The molecule has 4 heterocycles. The molecule has 0 bridgehead atoms. The summed E-state index contributed by atoms with van der Waals surface area (Å²) in [5.41, 5.74) is 2.58. The number of rotatable bonds is 2. The second-order valence-electron chi connectivity index (χ2n) is 8.40. The molecule has 1 aromatic rings. The minimum Gasteiger partial charge on any atom is -0.373 e. The summed E-state index contributed by atoms with van der Waals surface area (Å²) in [6.45, 7) is 5.40. The maximum atomic E-state index is 13.9. The zero-order chi connectivity index (χ0) is 20.9. The summed E-state index contributed by atoms with van der Waals surface area (Å²) in [6, 6.07) is 0.399. The molecule has 3 aliphatic heterocycles. The summed E-state index contributed by atoms with van der Waals surface area (Å²) in [5, 5.41) is 3.63. The Kier molecular flexibility index (Phi) is 5.09. The Morgan fingerprint density at radius 3 is 2.69 bits per heavy atom. The molecular weight excluding hydrogens is 384 g/mol. The third-order valence-corrected chi connectivity index (χ3v) is 6.53. The first kappa shape index (κ1) is 20.2. The summed E-state index contributed by atoms with van der Waals surface area (Å²) in [4.78, 5) is 7.52. The number of piperidine rings is 1. The van der Waals surface area contributed by atoms with Gasteiger partial charge in [0.25, 0.3) is 0 Å². The Labute approximate surface area is 168 Å². The highest BCUT2D eigenvalue weighted by atomic mass is 19.4. The Hall–Kier alpha value is -2.09. The molecule has 158 valence electrons. The van der Waals surface area contributed by atoms with Gasteiger partial charge in [0.1, 0.15) is 11.5 Å². The largest absolute Gasteiger partial charge is 0.431 e. The molecule has 0 aliphatic carbocycles. The van der Waals surface area contributed by atoms with E-state index in [2.05, 4.69) is 15.2 Å². The second-order valence-corrected chi connectivity index (χ2v) is 8.40. The van der Waals surface area contributed by atoms with E-state index in [-0.39, 0.29) is 18.4 Å². The molecule has 29 heavy (non-hydrogen) atoms. The zero-order valence-electron chi connectivity index (χ0n) is 16.9. The van der Waals surface area contributed by atoms with E-state index in [0.29, 0.717) is 23.1 Å². The normalized spacial score (nSPS) is 28.0. The minimum atomic E-state index is -4.34. The van der Waals surface area contributed by atoms with Crippen molar-refractivity contribution in [2.45, 2.75) is 44.9 Å². The number of likely N-dealkylation sites (tertiary alicyclic amines) is 1. The zero-order valence-corrected chi connectivity index (χ0v) is 16.9. The number of halogens is 4. The number of hydrogen-bond acceptors (Lipinski definition) is 4. The first-order chi connectivity index (χ1) is 13.6. The van der Waals surface area contributed by atoms with E-state index >= 15 is 0 Å². The standard InChI is InChI=1S/C21H26F4N4/c1-12-6-20(21(23,24)25)28(3)11-19(12)29-5-4-17-14(10-29)7-18(27-17)15-8-26-9-16(22)13(15)2/h6,8-9,14,17-18,27H,4-5,7,10-11H2,1-3H3. The Bertz CT molecular complexity index is 861. The van der Waals surface area contributed by atoms with Gasteiger partial charge in [-0.25, -0.2) is 4.39 Å². The van der Waals surface area contributed by atoms with E-state index in [9.17, 15) is 17.6 Å². The average molecular weight is 410 g/mol. The number of allylic oxidation sites excluding steroid dienone is 3. The first-order valence-electron chi connectivity index (χ1n) is 9.96. The van der Waals surface area contributed by atoms with Crippen LogP contribution in [0.1, 0.15) is 36.9 Å². The minimum absolute atomic E-state index is 0.0639. The third-order valence-electron chi connectivity index (χ3n) is 6.53. The number of nitrogens with zero attached hydrogens (tertiary/aromatic N) is 3. The van der Waals surface area contributed by atoms with Crippen molar-refractivity contribution in [3.63, 3.8) is 0 Å². The molecule has 4 nitrogen and oxygen atoms in total. The van der Waals surface area contributed by atoms with Gasteiger partial charge in [-0.2, -0.15) is 13.2 Å². The van der Waals surface area contributed by atoms with Crippen molar-refractivity contribution in [1.82, 2.24) is 20.1 Å². The van der Waals surface area contributed by atoms with Crippen LogP contribution >= 0.6 is 0 Å². The van der Waals surface area contributed by atoms with Gasteiger partial charge in [0, 0.05) is 44.1 Å². The summed E-state index contributed by atoms with van der Waals surface area (Å²) in [6.07, 6.45) is 1.67. The van der Waals surface area contributed by atoms with Gasteiger partial charge in [-0.3, -0.25) is 4.98 Å². The maximum Gasteiger partial charge on any atom is 0.431 e. The van der Waals surface area contributed by atoms with Crippen LogP contribution < -0.4 is 5.32 Å². The van der Waals surface area contributed by atoms with Crippen molar-refractivity contribution in [2.75, 3.05) is 26.7 Å². The molecule has 0 amide bonds. The summed E-state index contributed by atoms with van der Waals surface area (Å²) in [7, 11) is 1.49. The van der Waals surface area contributed by atoms with Crippen molar-refractivity contribution in [2.24, 2.45) is 5.92 Å². The van der Waals surface area contributed by atoms with Gasteiger partial charge >= 0.3 is 6.18 Å². The van der Waals surface area contributed by atoms with Crippen LogP contribution in [0.4, 0.5) is 17.6 Å². The fraction of sp³-hybridized carbons (Fsp3) is 0.571. The van der Waals surface area contributed by atoms with E-state index in [1.807, 2.05) is 0 Å². The molecule has 0 aromatic carbocycles. The molecule has 1 aromatic heterocycles. The molecular formula is C21H26F4N4. The van der Waals surface area contributed by atoms with Crippen LogP contribution in [-0.4, -0.2) is 53.7 Å². The Morgan fingerprint density at radius 2 is 1.97 bits per heavy atom. The number of hydrogen-bond donors (Lipinski definition) is 1. The first-order valence-corrected chi connectivity index (χ1v) is 9.96. The topological polar surface area (TPSA) is 31.4 Å². The van der Waals surface area contributed by atoms with E-state index in [4.69, 9.17) is 0 Å². The number of likely N-dealkylation sites (N-methyl/N-ethyl adjacent to an activating group) is 1. The van der Waals surface area contributed by atoms with Crippen molar-refractivity contribution in [3.05, 3.63) is 52.4 Å². The van der Waals surface area contributed by atoms with Gasteiger partial charge < -0.3 is 15.1 Å². The molecule has 8 heteroatoms. The second kappa shape index (κ2) is 7.31. The molecule has 1 N–H and O–H groups in total. The molecule has 0 saturated carbocycles. The molecule has 4 rings (SSSR count). The number of pyridine rings is 1. The van der Waals surface area contributed by atoms with E-state index < -0.39 is 11.9 Å². The van der Waals surface area contributed by atoms with Crippen molar-refractivity contribution in [3.8, 4) is 0 Å². The predicted octanol–water partition coefficient (Wildman–Crippen LogP) is 3.92. The monoisotopic (exact) mass is 410 g/mol. The van der Waals surface area contributed by atoms with Gasteiger partial charge in [-0.05, 0) is 55.4 Å². The van der Waals surface area contributed by atoms with Crippen LogP contribution in [0.5, 0.6) is 0 Å². The van der Waals surface area contributed by atoms with Crippen LogP contribution in [0, 0.1) is 18.7 Å². The number of alkyl halides is 3. The molecule has 3 atom stereocenters. The lowest BCUT2D eigenvalue weighted by Gasteiger charge is -2.41. The predicted molar refractivity (Wildman–Crippen MR) is 102 cm³/mol. The lowest BCUT2D eigenvalue weighted by molar-refractivity contribution is -0.109. The van der Waals surface area contributed by atoms with Crippen LogP contribution in [0.2, 0.25) is 0 Å². The van der Waals surface area contributed by atoms with Crippen molar-refractivity contribution in [1.29, 1.82) is 0 Å². The fourth-order valence-corrected chi connectivity index (χ4v) is 4.93. The lowest BCUT2D eigenvalue weighted by Crippen LogP contribution is -2.47. The average Bonchev–Trinajstić information content (AvgIpc) is 3.07.